The smallest absolute Gasteiger partial charge is 0.473 e. The van der Waals surface area contributed by atoms with Crippen molar-refractivity contribution in [3.8, 4) is 11.6 Å². The monoisotopic (exact) mass is 417 g/mol. The Morgan fingerprint density at radius 1 is 1.18 bits per heavy atom. The highest BCUT2D eigenvalue weighted by atomic mass is 32.2. The molecule has 7 nitrogen and oxygen atoms in total. The lowest BCUT2D eigenvalue weighted by Gasteiger charge is -2.31. The van der Waals surface area contributed by atoms with Crippen molar-refractivity contribution in [2.45, 2.75) is 37.1 Å². The van der Waals surface area contributed by atoms with E-state index >= 15 is 0 Å². The fourth-order valence-corrected chi connectivity index (χ4v) is 4.36. The first-order valence-electron chi connectivity index (χ1n) is 8.46. The largest absolute Gasteiger partial charge is 0.573 e. The molecule has 3 rings (SSSR count). The molecule has 1 atom stereocenters. The topological polar surface area (TPSA) is 81.6 Å². The lowest BCUT2D eigenvalue weighted by molar-refractivity contribution is -0.274. The molecule has 1 aliphatic rings. The number of aromatic nitrogens is 2. The van der Waals surface area contributed by atoms with E-state index in [0.29, 0.717) is 31.1 Å². The second-order valence-corrected chi connectivity index (χ2v) is 8.14. The van der Waals surface area contributed by atoms with Crippen LogP contribution in [0.3, 0.4) is 0 Å². The van der Waals surface area contributed by atoms with Gasteiger partial charge in [-0.2, -0.15) is 9.29 Å². The molecule has 0 spiro atoms. The van der Waals surface area contributed by atoms with Crippen molar-refractivity contribution in [1.82, 2.24) is 14.3 Å². The maximum absolute atomic E-state index is 12.8. The molecule has 1 unspecified atom stereocenters. The number of alkyl halides is 3. The zero-order chi connectivity index (χ0) is 20.4. The molecule has 0 N–H and O–H groups in total. The summed E-state index contributed by atoms with van der Waals surface area (Å²) in [6.45, 7) is 2.13. The number of sulfonamides is 1. The van der Waals surface area contributed by atoms with Gasteiger partial charge in [-0.3, -0.25) is 0 Å². The SMILES string of the molecule is Cc1nccc(OC2CCCN(S(=O)(=O)c3ccc(OC(F)(F)F)cc3)C2)n1. The number of aryl methyl sites for hydroxylation is 1. The van der Waals surface area contributed by atoms with Gasteiger partial charge >= 0.3 is 6.36 Å². The van der Waals surface area contributed by atoms with Crippen molar-refractivity contribution >= 4 is 10.0 Å². The number of piperidine rings is 1. The Kier molecular flexibility index (Phi) is 5.75. The van der Waals surface area contributed by atoms with Crippen LogP contribution in [0, 0.1) is 6.92 Å². The molecule has 28 heavy (non-hydrogen) atoms. The van der Waals surface area contributed by atoms with Crippen LogP contribution >= 0.6 is 0 Å². The van der Waals surface area contributed by atoms with E-state index in [1.165, 1.54) is 4.31 Å². The Labute approximate surface area is 160 Å². The summed E-state index contributed by atoms with van der Waals surface area (Å²) in [5.41, 5.74) is 0. The second kappa shape index (κ2) is 7.92. The Bertz CT molecular complexity index is 920. The van der Waals surface area contributed by atoms with Crippen molar-refractivity contribution in [3.63, 3.8) is 0 Å². The van der Waals surface area contributed by atoms with E-state index < -0.39 is 22.1 Å². The van der Waals surface area contributed by atoms with Gasteiger partial charge in [-0.25, -0.2) is 13.4 Å². The highest BCUT2D eigenvalue weighted by Gasteiger charge is 2.33. The molecule has 2 aromatic rings. The van der Waals surface area contributed by atoms with Gasteiger partial charge in [0.2, 0.25) is 15.9 Å². The number of halogens is 3. The molecule has 1 fully saturated rings. The third kappa shape index (κ3) is 5.10. The molecule has 0 radical (unpaired) electrons. The summed E-state index contributed by atoms with van der Waals surface area (Å²) in [6.07, 6.45) is -2.42. The third-order valence-corrected chi connectivity index (χ3v) is 5.95. The van der Waals surface area contributed by atoms with Crippen LogP contribution in [-0.4, -0.2) is 48.2 Å². The Morgan fingerprint density at radius 3 is 2.54 bits per heavy atom. The van der Waals surface area contributed by atoms with Crippen LogP contribution in [0.5, 0.6) is 11.6 Å². The van der Waals surface area contributed by atoms with Crippen molar-refractivity contribution in [3.05, 3.63) is 42.4 Å². The summed E-state index contributed by atoms with van der Waals surface area (Å²) < 4.78 is 73.2. The predicted octanol–water partition coefficient (Wildman–Crippen LogP) is 2.92. The molecule has 1 aromatic carbocycles. The number of hydrogen-bond acceptors (Lipinski definition) is 6. The zero-order valence-corrected chi connectivity index (χ0v) is 15.7. The van der Waals surface area contributed by atoms with Gasteiger partial charge in [0.25, 0.3) is 0 Å². The van der Waals surface area contributed by atoms with Gasteiger partial charge in [0.05, 0.1) is 11.4 Å². The van der Waals surface area contributed by atoms with Gasteiger partial charge < -0.3 is 9.47 Å². The highest BCUT2D eigenvalue weighted by molar-refractivity contribution is 7.89. The fourth-order valence-electron chi connectivity index (χ4n) is 2.85. The molecule has 152 valence electrons. The van der Waals surface area contributed by atoms with E-state index in [4.69, 9.17) is 4.74 Å². The van der Waals surface area contributed by atoms with Crippen LogP contribution in [0.4, 0.5) is 13.2 Å². The number of ether oxygens (including phenoxy) is 2. The molecule has 1 aromatic heterocycles. The van der Waals surface area contributed by atoms with Crippen LogP contribution in [0.25, 0.3) is 0 Å². The minimum absolute atomic E-state index is 0.111. The van der Waals surface area contributed by atoms with Crippen molar-refractivity contribution in [2.24, 2.45) is 0 Å². The number of rotatable bonds is 5. The highest BCUT2D eigenvalue weighted by Crippen LogP contribution is 2.27. The standard InChI is InChI=1S/C17H18F3N3O4S/c1-12-21-9-8-16(22-12)26-14-3-2-10-23(11-14)28(24,25)15-6-4-13(5-7-15)27-17(18,19)20/h4-9,14H,2-3,10-11H2,1H3. The maximum Gasteiger partial charge on any atom is 0.573 e. The first-order valence-corrected chi connectivity index (χ1v) is 9.90. The van der Waals surface area contributed by atoms with Crippen LogP contribution in [0.2, 0.25) is 0 Å². The normalized spacial score (nSPS) is 18.6. The van der Waals surface area contributed by atoms with E-state index in [-0.39, 0.29) is 17.5 Å². The molecule has 0 saturated carbocycles. The lowest BCUT2D eigenvalue weighted by Crippen LogP contribution is -2.44. The van der Waals surface area contributed by atoms with Crippen LogP contribution in [0.15, 0.2) is 41.4 Å². The first-order chi connectivity index (χ1) is 13.1. The second-order valence-electron chi connectivity index (χ2n) is 6.21. The molecular formula is C17H18F3N3O4S. The predicted molar refractivity (Wildman–Crippen MR) is 92.3 cm³/mol. The van der Waals surface area contributed by atoms with E-state index in [0.717, 1.165) is 24.3 Å². The summed E-state index contributed by atoms with van der Waals surface area (Å²) >= 11 is 0. The summed E-state index contributed by atoms with van der Waals surface area (Å²) in [4.78, 5) is 8.01. The fraction of sp³-hybridized carbons (Fsp3) is 0.412. The Balaban J connectivity index is 1.70. The van der Waals surface area contributed by atoms with Crippen LogP contribution < -0.4 is 9.47 Å². The molecule has 1 aliphatic heterocycles. The summed E-state index contributed by atoms with van der Waals surface area (Å²) in [6, 6.07) is 5.73. The summed E-state index contributed by atoms with van der Waals surface area (Å²) in [5, 5.41) is 0. The number of benzene rings is 1. The average molecular weight is 417 g/mol. The molecule has 0 amide bonds. The van der Waals surface area contributed by atoms with Crippen molar-refractivity contribution in [1.29, 1.82) is 0 Å². The van der Waals surface area contributed by atoms with Gasteiger partial charge in [0, 0.05) is 18.8 Å². The van der Waals surface area contributed by atoms with Crippen molar-refractivity contribution in [2.75, 3.05) is 13.1 Å². The van der Waals surface area contributed by atoms with Crippen LogP contribution in [0.1, 0.15) is 18.7 Å². The average Bonchev–Trinajstić information content (AvgIpc) is 2.61. The van der Waals surface area contributed by atoms with Gasteiger partial charge in [-0.05, 0) is 44.0 Å². The molecule has 0 bridgehead atoms. The van der Waals surface area contributed by atoms with Crippen LogP contribution in [-0.2, 0) is 10.0 Å². The number of hydrogen-bond donors (Lipinski definition) is 0. The molecule has 2 heterocycles. The lowest BCUT2D eigenvalue weighted by atomic mass is 10.1. The van der Waals surface area contributed by atoms with E-state index in [2.05, 4.69) is 14.7 Å². The molecular weight excluding hydrogens is 399 g/mol. The molecule has 1 saturated heterocycles. The van der Waals surface area contributed by atoms with Gasteiger partial charge in [-0.15, -0.1) is 13.2 Å². The number of nitrogens with zero attached hydrogens (tertiary/aromatic N) is 3. The third-order valence-electron chi connectivity index (χ3n) is 4.07. The Hall–Kier alpha value is -2.40. The zero-order valence-electron chi connectivity index (χ0n) is 14.9. The first kappa shape index (κ1) is 20.3. The quantitative estimate of drug-likeness (QED) is 0.744. The minimum atomic E-state index is -4.84. The van der Waals surface area contributed by atoms with Gasteiger partial charge in [-0.1, -0.05) is 0 Å². The Morgan fingerprint density at radius 2 is 1.89 bits per heavy atom. The molecule has 0 aliphatic carbocycles. The maximum atomic E-state index is 12.8. The van der Waals surface area contributed by atoms with E-state index in [9.17, 15) is 21.6 Å². The summed E-state index contributed by atoms with van der Waals surface area (Å²) in [7, 11) is -3.87. The van der Waals surface area contributed by atoms with Gasteiger partial charge in [0.15, 0.2) is 0 Å². The minimum Gasteiger partial charge on any atom is -0.473 e. The molecule has 11 heteroatoms. The van der Waals surface area contributed by atoms with E-state index in [1.54, 1.807) is 19.2 Å². The summed E-state index contributed by atoms with van der Waals surface area (Å²) in [5.74, 6) is 0.426. The van der Waals surface area contributed by atoms with Gasteiger partial charge in [0.1, 0.15) is 17.7 Å². The van der Waals surface area contributed by atoms with E-state index in [1.807, 2.05) is 0 Å². The van der Waals surface area contributed by atoms with Crippen molar-refractivity contribution < 1.29 is 31.1 Å².